The quantitative estimate of drug-likeness (QED) is 0.166. The highest BCUT2D eigenvalue weighted by atomic mass is 16.5. The molecule has 0 radical (unpaired) electrons. The fourth-order valence-electron chi connectivity index (χ4n) is 16.0. The van der Waals surface area contributed by atoms with E-state index in [4.69, 9.17) is 9.47 Å². The van der Waals surface area contributed by atoms with E-state index in [9.17, 15) is 0 Å². The fraction of sp³-hybridized carbons (Fsp3) is 0.0370. The first-order valence-corrected chi connectivity index (χ1v) is 29.1. The van der Waals surface area contributed by atoms with Crippen molar-refractivity contribution < 1.29 is 9.47 Å². The molecule has 2 spiro atoms. The lowest BCUT2D eigenvalue weighted by Gasteiger charge is -2.39. The zero-order valence-electron chi connectivity index (χ0n) is 45.7. The van der Waals surface area contributed by atoms with Gasteiger partial charge in [-0.1, -0.05) is 255 Å². The van der Waals surface area contributed by atoms with Gasteiger partial charge in [0, 0.05) is 39.1 Å². The van der Waals surface area contributed by atoms with E-state index in [0.717, 1.165) is 73.4 Å². The number of nitrogens with zero attached hydrogens (tertiary/aromatic N) is 1. The number of para-hydroxylation sites is 4. The van der Waals surface area contributed by atoms with Gasteiger partial charge in [0.15, 0.2) is 0 Å². The van der Waals surface area contributed by atoms with E-state index < -0.39 is 16.2 Å². The van der Waals surface area contributed by atoms with Crippen LogP contribution in [0.5, 0.6) is 23.0 Å². The Balaban J connectivity index is 0.887. The summed E-state index contributed by atoms with van der Waals surface area (Å²) in [5.41, 5.74) is 25.6. The SMILES string of the molecule is c1ccc(C2(c3ccccc3)c3ccccc3-c3c(N(c4ccc(-c5ccc6c(c5)C5(c7ccccc7Oc7ccccc75)c5ccccc5-6)cc4)c4cccc5c4-c4ccccc4C54c5ccccc5Oc5ccccc54)cccc32)cc1. The van der Waals surface area contributed by atoms with Gasteiger partial charge in [0.25, 0.3) is 0 Å². The standard InChI is InChI=1S/C81H51NO2/c1-3-23-54(24-4-1)79(55-25-5-2-6-26-55)62-31-11-8-28-59(62)77-68(79)37-21-39-71(77)82(72-40-22-38-69-78(72)60-29-9-12-32-63(60)80(69)64-33-13-17-41-73(64)83-74-42-18-14-34-65(74)80)56-48-45-52(46-49-56)53-47-50-58-57-27-7-10-30-61(57)81(70(58)51-53)66-35-15-19-43-75(66)84-76-44-20-16-36-67(76)81/h1-51H. The van der Waals surface area contributed by atoms with Gasteiger partial charge in [-0.05, 0) is 132 Å². The van der Waals surface area contributed by atoms with Crippen molar-refractivity contribution in [1.29, 1.82) is 0 Å². The first-order valence-electron chi connectivity index (χ1n) is 29.1. The molecule has 0 saturated carbocycles. The van der Waals surface area contributed by atoms with Crippen LogP contribution in [-0.4, -0.2) is 0 Å². The van der Waals surface area contributed by atoms with Crippen LogP contribution in [0.2, 0.25) is 0 Å². The van der Waals surface area contributed by atoms with Crippen molar-refractivity contribution in [3.05, 3.63) is 376 Å². The third-order valence-corrected chi connectivity index (χ3v) is 19.1. The van der Waals surface area contributed by atoms with Crippen molar-refractivity contribution in [2.45, 2.75) is 16.2 Å². The molecule has 0 atom stereocenters. The lowest BCUT2D eigenvalue weighted by atomic mass is 9.66. The summed E-state index contributed by atoms with van der Waals surface area (Å²) in [7, 11) is 0. The van der Waals surface area contributed by atoms with Crippen LogP contribution in [-0.2, 0) is 16.2 Å². The summed E-state index contributed by atoms with van der Waals surface area (Å²) in [6.07, 6.45) is 0. The number of anilines is 3. The zero-order valence-corrected chi connectivity index (χ0v) is 45.7. The predicted molar refractivity (Wildman–Crippen MR) is 339 cm³/mol. The highest BCUT2D eigenvalue weighted by molar-refractivity contribution is 6.03. The van der Waals surface area contributed by atoms with E-state index in [1.807, 2.05) is 0 Å². The Morgan fingerprint density at radius 3 is 1.06 bits per heavy atom. The third-order valence-electron chi connectivity index (χ3n) is 19.1. The maximum atomic E-state index is 6.82. The van der Waals surface area contributed by atoms with Gasteiger partial charge in [-0.3, -0.25) is 0 Å². The molecule has 0 fully saturated rings. The Morgan fingerprint density at radius 2 is 0.571 bits per heavy atom. The first kappa shape index (κ1) is 47.0. The van der Waals surface area contributed by atoms with Gasteiger partial charge in [0.05, 0.1) is 27.6 Å². The second-order valence-electron chi connectivity index (χ2n) is 22.8. The number of hydrogen-bond acceptors (Lipinski definition) is 3. The lowest BCUT2D eigenvalue weighted by Crippen LogP contribution is -2.32. The van der Waals surface area contributed by atoms with Crippen LogP contribution in [0.4, 0.5) is 17.1 Å². The highest BCUT2D eigenvalue weighted by Crippen LogP contribution is 2.67. The molecule has 18 rings (SSSR count). The van der Waals surface area contributed by atoms with Gasteiger partial charge in [-0.25, -0.2) is 0 Å². The number of rotatable bonds is 6. The van der Waals surface area contributed by atoms with Crippen LogP contribution in [0.25, 0.3) is 44.5 Å². The minimum atomic E-state index is -0.653. The molecular formula is C81H51NO2. The Kier molecular flexibility index (Phi) is 9.86. The molecule has 3 nitrogen and oxygen atoms in total. The van der Waals surface area contributed by atoms with Gasteiger partial charge in [0.2, 0.25) is 0 Å². The Labute approximate surface area is 488 Å². The molecule has 0 N–H and O–H groups in total. The summed E-state index contributed by atoms with van der Waals surface area (Å²) < 4.78 is 13.5. The van der Waals surface area contributed by atoms with E-state index in [1.54, 1.807) is 0 Å². The molecule has 0 amide bonds. The Bertz CT molecular complexity index is 4730. The molecular weight excluding hydrogens is 1020 g/mol. The Morgan fingerprint density at radius 1 is 0.226 bits per heavy atom. The average molecular weight is 1070 g/mol. The van der Waals surface area contributed by atoms with E-state index in [1.165, 1.54) is 77.9 Å². The molecule has 392 valence electrons. The molecule has 0 bridgehead atoms. The third kappa shape index (κ3) is 6.04. The summed E-state index contributed by atoms with van der Waals surface area (Å²) >= 11 is 0. The van der Waals surface area contributed by atoms with Crippen LogP contribution >= 0.6 is 0 Å². The molecule has 3 aliphatic carbocycles. The molecule has 84 heavy (non-hydrogen) atoms. The van der Waals surface area contributed by atoms with E-state index in [2.05, 4.69) is 314 Å². The molecule has 0 aromatic heterocycles. The van der Waals surface area contributed by atoms with Gasteiger partial charge >= 0.3 is 0 Å². The van der Waals surface area contributed by atoms with Gasteiger partial charge in [0.1, 0.15) is 23.0 Å². The van der Waals surface area contributed by atoms with Crippen molar-refractivity contribution in [1.82, 2.24) is 0 Å². The number of hydrogen-bond donors (Lipinski definition) is 0. The van der Waals surface area contributed by atoms with Crippen molar-refractivity contribution in [2.75, 3.05) is 4.90 Å². The molecule has 2 heterocycles. The molecule has 0 unspecified atom stereocenters. The molecule has 5 aliphatic rings. The van der Waals surface area contributed by atoms with Gasteiger partial charge in [-0.2, -0.15) is 0 Å². The van der Waals surface area contributed by atoms with Gasteiger partial charge in [-0.15, -0.1) is 0 Å². The highest BCUT2D eigenvalue weighted by Gasteiger charge is 2.54. The van der Waals surface area contributed by atoms with Crippen LogP contribution < -0.4 is 14.4 Å². The minimum absolute atomic E-state index is 0.574. The fourth-order valence-corrected chi connectivity index (χ4v) is 16.0. The van der Waals surface area contributed by atoms with Crippen molar-refractivity contribution in [3.63, 3.8) is 0 Å². The molecule has 2 aliphatic heterocycles. The second-order valence-corrected chi connectivity index (χ2v) is 22.8. The minimum Gasteiger partial charge on any atom is -0.457 e. The number of ether oxygens (including phenoxy) is 2. The summed E-state index contributed by atoms with van der Waals surface area (Å²) in [6, 6.07) is 114. The number of fused-ring (bicyclic) bond motifs is 21. The predicted octanol–water partition coefficient (Wildman–Crippen LogP) is 20.1. The smallest absolute Gasteiger partial charge is 0.132 e. The van der Waals surface area contributed by atoms with Crippen molar-refractivity contribution in [3.8, 4) is 67.5 Å². The molecule has 13 aromatic carbocycles. The first-order chi connectivity index (χ1) is 41.7. The summed E-state index contributed by atoms with van der Waals surface area (Å²) in [4.78, 5) is 2.57. The summed E-state index contributed by atoms with van der Waals surface area (Å²) in [6.45, 7) is 0. The largest absolute Gasteiger partial charge is 0.457 e. The normalized spacial score (nSPS) is 14.7. The Hall–Kier alpha value is -10.7. The van der Waals surface area contributed by atoms with Crippen LogP contribution in [0.3, 0.4) is 0 Å². The van der Waals surface area contributed by atoms with Crippen LogP contribution in [0, 0.1) is 0 Å². The average Bonchev–Trinajstić information content (AvgIpc) is 1.62. The number of benzene rings is 13. The molecule has 3 heteroatoms. The van der Waals surface area contributed by atoms with E-state index in [0.29, 0.717) is 0 Å². The zero-order chi connectivity index (χ0) is 55.1. The van der Waals surface area contributed by atoms with Crippen molar-refractivity contribution >= 4 is 17.1 Å². The van der Waals surface area contributed by atoms with Gasteiger partial charge < -0.3 is 14.4 Å². The van der Waals surface area contributed by atoms with Crippen LogP contribution in [0.15, 0.2) is 309 Å². The topological polar surface area (TPSA) is 21.7 Å². The maximum Gasteiger partial charge on any atom is 0.132 e. The second kappa shape index (κ2) is 17.6. The monoisotopic (exact) mass is 1070 g/mol. The molecule has 0 saturated heterocycles. The summed E-state index contributed by atoms with van der Waals surface area (Å²) in [5.74, 6) is 3.53. The molecule has 13 aromatic rings. The lowest BCUT2D eigenvalue weighted by molar-refractivity contribution is 0.436. The van der Waals surface area contributed by atoms with E-state index in [-0.39, 0.29) is 0 Å². The van der Waals surface area contributed by atoms with E-state index >= 15 is 0 Å². The maximum absolute atomic E-state index is 6.82. The van der Waals surface area contributed by atoms with Crippen LogP contribution in [0.1, 0.15) is 66.8 Å². The summed E-state index contributed by atoms with van der Waals surface area (Å²) in [5, 5.41) is 0. The van der Waals surface area contributed by atoms with Crippen molar-refractivity contribution in [2.24, 2.45) is 0 Å².